The Balaban J connectivity index is 2.32. The minimum absolute atomic E-state index is 0.289. The summed E-state index contributed by atoms with van der Waals surface area (Å²) in [6.45, 7) is 3.95. The van der Waals surface area contributed by atoms with Crippen molar-refractivity contribution in [3.63, 3.8) is 0 Å². The van der Waals surface area contributed by atoms with Gasteiger partial charge in [-0.05, 0) is 31.5 Å². The lowest BCUT2D eigenvalue weighted by Gasteiger charge is -2.04. The number of methoxy groups -OCH3 is 1. The van der Waals surface area contributed by atoms with Gasteiger partial charge >= 0.3 is 5.97 Å². The van der Waals surface area contributed by atoms with E-state index < -0.39 is 5.97 Å². The van der Waals surface area contributed by atoms with Crippen LogP contribution in [0.4, 0.5) is 0 Å². The van der Waals surface area contributed by atoms with Gasteiger partial charge in [-0.3, -0.25) is 4.68 Å². The number of esters is 1. The topological polar surface area (TPSA) is 61.9 Å². The summed E-state index contributed by atoms with van der Waals surface area (Å²) < 4.78 is 8.50. The predicted octanol–water partition coefficient (Wildman–Crippen LogP) is 2.38. The highest BCUT2D eigenvalue weighted by atomic mass is 16.5. The number of aryl methyl sites for hydroxylation is 3. The van der Waals surface area contributed by atoms with E-state index in [1.54, 1.807) is 11.7 Å². The van der Waals surface area contributed by atoms with Gasteiger partial charge in [0, 0.05) is 19.8 Å². The number of carbonyl (C=O) groups is 1. The smallest absolute Gasteiger partial charge is 0.359 e. The van der Waals surface area contributed by atoms with Crippen LogP contribution in [0.1, 0.15) is 21.7 Å². The number of imidazole rings is 1. The molecule has 0 fully saturated rings. The van der Waals surface area contributed by atoms with Crippen LogP contribution in [-0.2, 0) is 18.8 Å². The van der Waals surface area contributed by atoms with Crippen LogP contribution in [0.5, 0.6) is 0 Å². The average Bonchev–Trinajstić information content (AvgIpc) is 2.96. The molecule has 0 aliphatic rings. The van der Waals surface area contributed by atoms with Crippen molar-refractivity contribution in [2.75, 3.05) is 7.11 Å². The average molecular weight is 298 g/mol. The van der Waals surface area contributed by atoms with E-state index in [4.69, 9.17) is 9.72 Å². The third kappa shape index (κ3) is 1.99. The minimum atomic E-state index is -0.457. The van der Waals surface area contributed by atoms with E-state index in [0.29, 0.717) is 11.4 Å². The number of rotatable bonds is 2. The molecule has 0 spiro atoms. The molecule has 0 N–H and O–H groups in total. The molecule has 6 nitrogen and oxygen atoms in total. The molecule has 0 amide bonds. The molecule has 1 aromatic carbocycles. The Morgan fingerprint density at radius 1 is 1.23 bits per heavy atom. The Morgan fingerprint density at radius 2 is 1.95 bits per heavy atom. The number of aromatic nitrogens is 4. The molecule has 0 aliphatic carbocycles. The van der Waals surface area contributed by atoms with Crippen molar-refractivity contribution < 1.29 is 9.53 Å². The Hall–Kier alpha value is -2.63. The molecule has 0 unspecified atom stereocenters. The second kappa shape index (κ2) is 4.98. The molecule has 6 heteroatoms. The van der Waals surface area contributed by atoms with E-state index in [1.807, 2.05) is 43.7 Å². The summed E-state index contributed by atoms with van der Waals surface area (Å²) in [6, 6.07) is 6.11. The Bertz CT molecular complexity index is 889. The van der Waals surface area contributed by atoms with Gasteiger partial charge in [-0.2, -0.15) is 5.10 Å². The first-order valence-corrected chi connectivity index (χ1v) is 6.99. The van der Waals surface area contributed by atoms with E-state index in [9.17, 15) is 4.79 Å². The summed E-state index contributed by atoms with van der Waals surface area (Å²) in [6.07, 6.45) is 0. The lowest BCUT2D eigenvalue weighted by molar-refractivity contribution is 0.0594. The molecular formula is C16H18N4O2. The van der Waals surface area contributed by atoms with E-state index in [-0.39, 0.29) is 5.69 Å². The lowest BCUT2D eigenvalue weighted by Crippen LogP contribution is -2.06. The van der Waals surface area contributed by atoms with Crippen LogP contribution >= 0.6 is 0 Å². The zero-order valence-electron chi connectivity index (χ0n) is 13.3. The molecule has 0 aliphatic heterocycles. The SMILES string of the molecule is COC(=O)c1nn(C)c(C)c1-c1nc2cc(C)ccc2n1C. The molecule has 0 atom stereocenters. The van der Waals surface area contributed by atoms with Gasteiger partial charge in [-0.15, -0.1) is 0 Å². The van der Waals surface area contributed by atoms with Gasteiger partial charge in [0.1, 0.15) is 5.82 Å². The molecule has 2 heterocycles. The molecule has 114 valence electrons. The number of hydrogen-bond donors (Lipinski definition) is 0. The van der Waals surface area contributed by atoms with Crippen molar-refractivity contribution in [1.82, 2.24) is 19.3 Å². The van der Waals surface area contributed by atoms with Crippen molar-refractivity contribution >= 4 is 17.0 Å². The number of ether oxygens (including phenoxy) is 1. The summed E-state index contributed by atoms with van der Waals surface area (Å²) in [5, 5.41) is 4.27. The van der Waals surface area contributed by atoms with Crippen LogP contribution in [0, 0.1) is 13.8 Å². The van der Waals surface area contributed by atoms with Gasteiger partial charge in [-0.25, -0.2) is 9.78 Å². The number of hydrogen-bond acceptors (Lipinski definition) is 4. The molecule has 3 aromatic rings. The highest BCUT2D eigenvalue weighted by molar-refractivity contribution is 5.96. The van der Waals surface area contributed by atoms with E-state index in [1.165, 1.54) is 7.11 Å². The van der Waals surface area contributed by atoms with Crippen LogP contribution in [0.3, 0.4) is 0 Å². The van der Waals surface area contributed by atoms with E-state index in [2.05, 4.69) is 5.10 Å². The first-order valence-electron chi connectivity index (χ1n) is 6.99. The molecule has 22 heavy (non-hydrogen) atoms. The third-order valence-corrected chi connectivity index (χ3v) is 3.97. The molecular weight excluding hydrogens is 280 g/mol. The molecule has 0 saturated carbocycles. The molecule has 0 saturated heterocycles. The minimum Gasteiger partial charge on any atom is -0.464 e. The monoisotopic (exact) mass is 298 g/mol. The summed E-state index contributed by atoms with van der Waals surface area (Å²) >= 11 is 0. The third-order valence-electron chi connectivity index (χ3n) is 3.97. The highest BCUT2D eigenvalue weighted by Gasteiger charge is 2.25. The van der Waals surface area contributed by atoms with Crippen LogP contribution in [0.25, 0.3) is 22.4 Å². The maximum atomic E-state index is 12.0. The lowest BCUT2D eigenvalue weighted by atomic mass is 10.1. The normalized spacial score (nSPS) is 11.1. The largest absolute Gasteiger partial charge is 0.464 e. The fraction of sp³-hybridized carbons (Fsp3) is 0.312. The second-order valence-electron chi connectivity index (χ2n) is 5.41. The zero-order chi connectivity index (χ0) is 16.0. The standard InChI is InChI=1S/C16H18N4O2/c1-9-6-7-12-11(8-9)17-15(19(12)3)13-10(2)20(4)18-14(13)16(21)22-5/h6-8H,1-5H3. The van der Waals surface area contributed by atoms with Crippen molar-refractivity contribution in [1.29, 1.82) is 0 Å². The van der Waals surface area contributed by atoms with Crippen LogP contribution < -0.4 is 0 Å². The fourth-order valence-electron chi connectivity index (χ4n) is 2.65. The first kappa shape index (κ1) is 14.3. The van der Waals surface area contributed by atoms with Gasteiger partial charge in [0.05, 0.1) is 23.7 Å². The Morgan fingerprint density at radius 3 is 2.64 bits per heavy atom. The van der Waals surface area contributed by atoms with Gasteiger partial charge in [0.2, 0.25) is 0 Å². The van der Waals surface area contributed by atoms with Crippen molar-refractivity contribution in [3.05, 3.63) is 35.2 Å². The molecule has 0 radical (unpaired) electrons. The van der Waals surface area contributed by atoms with Crippen LogP contribution in [0.2, 0.25) is 0 Å². The quantitative estimate of drug-likeness (QED) is 0.681. The summed E-state index contributed by atoms with van der Waals surface area (Å²) in [7, 11) is 5.10. The maximum absolute atomic E-state index is 12.0. The first-order chi connectivity index (χ1) is 10.4. The number of benzene rings is 1. The predicted molar refractivity (Wildman–Crippen MR) is 83.7 cm³/mol. The number of fused-ring (bicyclic) bond motifs is 1. The van der Waals surface area contributed by atoms with Crippen molar-refractivity contribution in [2.45, 2.75) is 13.8 Å². The summed E-state index contributed by atoms with van der Waals surface area (Å²) in [5.74, 6) is 0.258. The van der Waals surface area contributed by atoms with E-state index >= 15 is 0 Å². The van der Waals surface area contributed by atoms with E-state index in [0.717, 1.165) is 22.3 Å². The van der Waals surface area contributed by atoms with Gasteiger partial charge in [-0.1, -0.05) is 6.07 Å². The maximum Gasteiger partial charge on any atom is 0.359 e. The van der Waals surface area contributed by atoms with Gasteiger partial charge in [0.15, 0.2) is 5.69 Å². The molecule has 0 bridgehead atoms. The van der Waals surface area contributed by atoms with Crippen LogP contribution in [0.15, 0.2) is 18.2 Å². The fourth-order valence-corrected chi connectivity index (χ4v) is 2.65. The Labute approximate surface area is 128 Å². The van der Waals surface area contributed by atoms with Gasteiger partial charge in [0.25, 0.3) is 0 Å². The zero-order valence-corrected chi connectivity index (χ0v) is 13.3. The highest BCUT2D eigenvalue weighted by Crippen LogP contribution is 2.29. The number of nitrogens with zero attached hydrogens (tertiary/aromatic N) is 4. The number of carbonyl (C=O) groups excluding carboxylic acids is 1. The molecule has 3 rings (SSSR count). The Kier molecular flexibility index (Phi) is 3.24. The van der Waals surface area contributed by atoms with Crippen LogP contribution in [-0.4, -0.2) is 32.4 Å². The molecule has 2 aromatic heterocycles. The second-order valence-corrected chi connectivity index (χ2v) is 5.41. The van der Waals surface area contributed by atoms with Crippen molar-refractivity contribution in [2.24, 2.45) is 14.1 Å². The summed E-state index contributed by atoms with van der Waals surface area (Å²) in [5.41, 5.74) is 4.93. The van der Waals surface area contributed by atoms with Crippen molar-refractivity contribution in [3.8, 4) is 11.4 Å². The van der Waals surface area contributed by atoms with Gasteiger partial charge < -0.3 is 9.30 Å². The summed E-state index contributed by atoms with van der Waals surface area (Å²) in [4.78, 5) is 16.7.